The van der Waals surface area contributed by atoms with E-state index < -0.39 is 0 Å². The summed E-state index contributed by atoms with van der Waals surface area (Å²) in [5.41, 5.74) is 5.82. The van der Waals surface area contributed by atoms with Crippen molar-refractivity contribution in [2.75, 3.05) is 6.61 Å². The first-order valence-electron chi connectivity index (χ1n) is 5.11. The topological polar surface area (TPSA) is 35.2 Å². The lowest BCUT2D eigenvalue weighted by molar-refractivity contribution is 0.0438. The molecular weight excluding hydrogens is 150 g/mol. The van der Waals surface area contributed by atoms with Crippen LogP contribution < -0.4 is 5.73 Å². The molecule has 1 fully saturated rings. The Hall–Kier alpha value is -0.0800. The second-order valence-electron chi connectivity index (χ2n) is 3.88. The minimum atomic E-state index is 0.212. The summed E-state index contributed by atoms with van der Waals surface area (Å²) >= 11 is 0. The Kier molecular flexibility index (Phi) is 4.02. The average Bonchev–Trinajstić information content (AvgIpc) is 2.86. The second kappa shape index (κ2) is 4.83. The number of rotatable bonds is 6. The van der Waals surface area contributed by atoms with Crippen LogP contribution in [-0.2, 0) is 4.74 Å². The van der Waals surface area contributed by atoms with Gasteiger partial charge in [-0.25, -0.2) is 0 Å². The van der Waals surface area contributed by atoms with E-state index in [-0.39, 0.29) is 12.1 Å². The summed E-state index contributed by atoms with van der Waals surface area (Å²) in [6, 6.07) is 0.212. The molecule has 2 heteroatoms. The van der Waals surface area contributed by atoms with Gasteiger partial charge in [0.25, 0.3) is 0 Å². The van der Waals surface area contributed by atoms with Gasteiger partial charge >= 0.3 is 0 Å². The molecule has 1 saturated carbocycles. The summed E-state index contributed by atoms with van der Waals surface area (Å²) in [4.78, 5) is 0. The van der Waals surface area contributed by atoms with Crippen molar-refractivity contribution in [1.29, 1.82) is 0 Å². The SMILES string of the molecule is CCC(N)C(C)OCCC1CC1. The van der Waals surface area contributed by atoms with E-state index in [0.29, 0.717) is 0 Å². The van der Waals surface area contributed by atoms with E-state index in [1.807, 2.05) is 0 Å². The largest absolute Gasteiger partial charge is 0.377 e. The van der Waals surface area contributed by atoms with Gasteiger partial charge in [-0.3, -0.25) is 0 Å². The summed E-state index contributed by atoms with van der Waals surface area (Å²) < 4.78 is 5.62. The van der Waals surface area contributed by atoms with Crippen LogP contribution in [-0.4, -0.2) is 18.8 Å². The second-order valence-corrected chi connectivity index (χ2v) is 3.88. The van der Waals surface area contributed by atoms with Crippen molar-refractivity contribution in [2.45, 2.75) is 51.7 Å². The normalized spacial score (nSPS) is 22.2. The predicted octanol–water partition coefficient (Wildman–Crippen LogP) is 1.93. The Morgan fingerprint density at radius 1 is 1.50 bits per heavy atom. The molecule has 0 bridgehead atoms. The Labute approximate surface area is 75.5 Å². The zero-order valence-corrected chi connectivity index (χ0v) is 8.25. The van der Waals surface area contributed by atoms with Crippen molar-refractivity contribution in [3.63, 3.8) is 0 Å². The summed E-state index contributed by atoms with van der Waals surface area (Å²) in [5, 5.41) is 0. The molecule has 72 valence electrons. The monoisotopic (exact) mass is 171 g/mol. The van der Waals surface area contributed by atoms with E-state index in [1.165, 1.54) is 19.3 Å². The number of ether oxygens (including phenoxy) is 1. The highest BCUT2D eigenvalue weighted by Crippen LogP contribution is 2.32. The molecule has 12 heavy (non-hydrogen) atoms. The molecule has 0 aliphatic heterocycles. The van der Waals surface area contributed by atoms with Crippen LogP contribution in [0.2, 0.25) is 0 Å². The lowest BCUT2D eigenvalue weighted by Crippen LogP contribution is -2.34. The van der Waals surface area contributed by atoms with E-state index >= 15 is 0 Å². The van der Waals surface area contributed by atoms with Crippen LogP contribution in [0.3, 0.4) is 0 Å². The molecule has 0 saturated heterocycles. The fourth-order valence-corrected chi connectivity index (χ4v) is 1.28. The van der Waals surface area contributed by atoms with Crippen LogP contribution >= 0.6 is 0 Å². The zero-order chi connectivity index (χ0) is 8.97. The van der Waals surface area contributed by atoms with Crippen LogP contribution in [0.5, 0.6) is 0 Å². The Morgan fingerprint density at radius 3 is 2.67 bits per heavy atom. The molecule has 2 N–H and O–H groups in total. The third-order valence-electron chi connectivity index (χ3n) is 2.68. The third-order valence-corrected chi connectivity index (χ3v) is 2.68. The molecule has 1 rings (SSSR count). The van der Waals surface area contributed by atoms with Gasteiger partial charge in [-0.2, -0.15) is 0 Å². The summed E-state index contributed by atoms with van der Waals surface area (Å²) in [6.07, 6.45) is 5.30. The van der Waals surface area contributed by atoms with Crippen LogP contribution in [0.15, 0.2) is 0 Å². The zero-order valence-electron chi connectivity index (χ0n) is 8.25. The van der Waals surface area contributed by atoms with Gasteiger partial charge in [0, 0.05) is 12.6 Å². The van der Waals surface area contributed by atoms with Gasteiger partial charge in [0.05, 0.1) is 6.10 Å². The highest BCUT2D eigenvalue weighted by atomic mass is 16.5. The van der Waals surface area contributed by atoms with Gasteiger partial charge in [0.2, 0.25) is 0 Å². The van der Waals surface area contributed by atoms with Crippen LogP contribution in [0, 0.1) is 5.92 Å². The van der Waals surface area contributed by atoms with Gasteiger partial charge in [-0.1, -0.05) is 19.8 Å². The van der Waals surface area contributed by atoms with Crippen molar-refractivity contribution in [2.24, 2.45) is 11.7 Å². The van der Waals surface area contributed by atoms with Crippen molar-refractivity contribution < 1.29 is 4.74 Å². The first-order chi connectivity index (χ1) is 5.74. The van der Waals surface area contributed by atoms with Crippen molar-refractivity contribution in [1.82, 2.24) is 0 Å². The van der Waals surface area contributed by atoms with Gasteiger partial charge < -0.3 is 10.5 Å². The molecule has 0 spiro atoms. The number of nitrogens with two attached hydrogens (primary N) is 1. The fourth-order valence-electron chi connectivity index (χ4n) is 1.28. The molecule has 0 aromatic heterocycles. The molecular formula is C10H21NO. The predicted molar refractivity (Wildman–Crippen MR) is 51.0 cm³/mol. The number of hydrogen-bond donors (Lipinski definition) is 1. The smallest absolute Gasteiger partial charge is 0.0697 e. The molecule has 0 amide bonds. The van der Waals surface area contributed by atoms with E-state index in [4.69, 9.17) is 10.5 Å². The highest BCUT2D eigenvalue weighted by molar-refractivity contribution is 4.73. The maximum atomic E-state index is 5.82. The maximum Gasteiger partial charge on any atom is 0.0697 e. The van der Waals surface area contributed by atoms with Crippen LogP contribution in [0.4, 0.5) is 0 Å². The van der Waals surface area contributed by atoms with E-state index in [9.17, 15) is 0 Å². The minimum Gasteiger partial charge on any atom is -0.377 e. The lowest BCUT2D eigenvalue weighted by Gasteiger charge is -2.18. The Bertz CT molecular complexity index is 123. The standard InChI is InChI=1S/C10H21NO/c1-3-10(11)8(2)12-7-6-9-4-5-9/h8-10H,3-7,11H2,1-2H3. The van der Waals surface area contributed by atoms with Crippen LogP contribution in [0.1, 0.15) is 39.5 Å². The summed E-state index contributed by atoms with van der Waals surface area (Å²) in [5.74, 6) is 0.968. The molecule has 0 radical (unpaired) electrons. The Morgan fingerprint density at radius 2 is 2.17 bits per heavy atom. The molecule has 1 aliphatic rings. The molecule has 0 aromatic rings. The molecule has 2 atom stereocenters. The molecule has 0 aromatic carbocycles. The number of hydrogen-bond acceptors (Lipinski definition) is 2. The average molecular weight is 171 g/mol. The molecule has 2 nitrogen and oxygen atoms in total. The fraction of sp³-hybridized carbons (Fsp3) is 1.00. The van der Waals surface area contributed by atoms with E-state index in [2.05, 4.69) is 13.8 Å². The summed E-state index contributed by atoms with van der Waals surface area (Å²) in [6.45, 7) is 5.08. The van der Waals surface area contributed by atoms with Gasteiger partial charge in [-0.05, 0) is 25.7 Å². The van der Waals surface area contributed by atoms with Gasteiger partial charge in [-0.15, -0.1) is 0 Å². The maximum absolute atomic E-state index is 5.82. The molecule has 1 aliphatic carbocycles. The third kappa shape index (κ3) is 3.55. The van der Waals surface area contributed by atoms with Gasteiger partial charge in [0.1, 0.15) is 0 Å². The quantitative estimate of drug-likeness (QED) is 0.662. The minimum absolute atomic E-state index is 0.212. The van der Waals surface area contributed by atoms with Crippen molar-refractivity contribution in [3.05, 3.63) is 0 Å². The van der Waals surface area contributed by atoms with Crippen molar-refractivity contribution >= 4 is 0 Å². The Balaban J connectivity index is 1.96. The molecule has 2 unspecified atom stereocenters. The first-order valence-corrected chi connectivity index (χ1v) is 5.11. The van der Waals surface area contributed by atoms with E-state index in [0.717, 1.165) is 18.9 Å². The highest BCUT2D eigenvalue weighted by Gasteiger charge is 2.21. The lowest BCUT2D eigenvalue weighted by atomic mass is 10.1. The van der Waals surface area contributed by atoms with Crippen molar-refractivity contribution in [3.8, 4) is 0 Å². The van der Waals surface area contributed by atoms with E-state index in [1.54, 1.807) is 0 Å². The van der Waals surface area contributed by atoms with Gasteiger partial charge in [0.15, 0.2) is 0 Å². The molecule has 0 heterocycles. The van der Waals surface area contributed by atoms with Crippen LogP contribution in [0.25, 0.3) is 0 Å². The summed E-state index contributed by atoms with van der Waals surface area (Å²) in [7, 11) is 0. The first kappa shape index (κ1) is 10.0.